The lowest BCUT2D eigenvalue weighted by Crippen LogP contribution is -1.72. The van der Waals surface area contributed by atoms with E-state index in [4.69, 9.17) is 23.2 Å². The molecule has 0 radical (unpaired) electrons. The van der Waals surface area contributed by atoms with Crippen molar-refractivity contribution in [2.75, 3.05) is 0 Å². The van der Waals surface area contributed by atoms with Gasteiger partial charge in [0.2, 0.25) is 0 Å². The van der Waals surface area contributed by atoms with Crippen LogP contribution in [0.3, 0.4) is 0 Å². The maximum atomic E-state index is 6.15. The van der Waals surface area contributed by atoms with Crippen LogP contribution in [-0.4, -0.2) is 0 Å². The van der Waals surface area contributed by atoms with Gasteiger partial charge in [0.25, 0.3) is 0 Å². The van der Waals surface area contributed by atoms with Crippen LogP contribution in [0.25, 0.3) is 10.1 Å². The van der Waals surface area contributed by atoms with Crippen molar-refractivity contribution in [3.63, 3.8) is 0 Å². The third-order valence-electron chi connectivity index (χ3n) is 1.77. The average Bonchev–Trinajstić information content (AvgIpc) is 2.55. The van der Waals surface area contributed by atoms with Crippen LogP contribution in [0.4, 0.5) is 0 Å². The molecule has 2 aromatic rings. The Hall–Kier alpha value is 0.490. The molecule has 0 aliphatic carbocycles. The van der Waals surface area contributed by atoms with Crippen molar-refractivity contribution in [2.45, 2.75) is 5.88 Å². The molecule has 0 spiro atoms. The Balaban J connectivity index is 2.76. The van der Waals surface area contributed by atoms with E-state index in [1.165, 1.54) is 9.58 Å². The predicted octanol–water partition coefficient (Wildman–Crippen LogP) is 4.90. The van der Waals surface area contributed by atoms with Gasteiger partial charge >= 0.3 is 0 Å². The number of rotatable bonds is 1. The lowest BCUT2D eigenvalue weighted by Gasteiger charge is -1.95. The SMILES string of the molecule is ClCc1cc2c(Cl)c(I)ccc2s1. The van der Waals surface area contributed by atoms with E-state index in [1.807, 2.05) is 6.07 Å². The Morgan fingerprint density at radius 2 is 2.15 bits per heavy atom. The maximum absolute atomic E-state index is 6.15. The Morgan fingerprint density at radius 1 is 1.38 bits per heavy atom. The molecule has 0 atom stereocenters. The van der Waals surface area contributed by atoms with Gasteiger partial charge in [0, 0.05) is 18.5 Å². The molecule has 0 amide bonds. The molecule has 0 saturated heterocycles. The molecular weight excluding hydrogens is 338 g/mol. The van der Waals surface area contributed by atoms with Gasteiger partial charge in [-0.3, -0.25) is 0 Å². The first-order chi connectivity index (χ1) is 6.22. The van der Waals surface area contributed by atoms with E-state index >= 15 is 0 Å². The van der Waals surface area contributed by atoms with Crippen molar-refractivity contribution in [3.8, 4) is 0 Å². The Labute approximate surface area is 104 Å². The molecule has 0 aliphatic heterocycles. The summed E-state index contributed by atoms with van der Waals surface area (Å²) in [5.41, 5.74) is 0. The van der Waals surface area contributed by atoms with Crippen molar-refractivity contribution in [1.29, 1.82) is 0 Å². The largest absolute Gasteiger partial charge is 0.139 e. The average molecular weight is 343 g/mol. The van der Waals surface area contributed by atoms with Gasteiger partial charge in [-0.1, -0.05) is 11.6 Å². The standard InChI is InChI=1S/C9H5Cl2IS/c10-4-5-3-6-8(13-5)2-1-7(12)9(6)11/h1-3H,4H2. The van der Waals surface area contributed by atoms with Crippen LogP contribution in [-0.2, 0) is 5.88 Å². The van der Waals surface area contributed by atoms with Crippen LogP contribution in [0.15, 0.2) is 18.2 Å². The predicted molar refractivity (Wildman–Crippen MR) is 69.1 cm³/mol. The molecule has 2 rings (SSSR count). The molecule has 1 heterocycles. The van der Waals surface area contributed by atoms with Crippen LogP contribution < -0.4 is 0 Å². The minimum atomic E-state index is 0.562. The highest BCUT2D eigenvalue weighted by Gasteiger charge is 2.06. The maximum Gasteiger partial charge on any atom is 0.0626 e. The topological polar surface area (TPSA) is 0 Å². The Morgan fingerprint density at radius 3 is 2.85 bits per heavy atom. The summed E-state index contributed by atoms with van der Waals surface area (Å²) in [5, 5.41) is 1.96. The zero-order valence-electron chi connectivity index (χ0n) is 6.48. The summed E-state index contributed by atoms with van der Waals surface area (Å²) >= 11 is 15.8. The molecule has 0 nitrogen and oxygen atoms in total. The number of alkyl halides is 1. The van der Waals surface area contributed by atoms with Crippen LogP contribution in [0.5, 0.6) is 0 Å². The molecule has 0 unspecified atom stereocenters. The number of fused-ring (bicyclic) bond motifs is 1. The minimum Gasteiger partial charge on any atom is -0.139 e. The molecule has 0 saturated carbocycles. The highest BCUT2D eigenvalue weighted by Crippen LogP contribution is 2.34. The van der Waals surface area contributed by atoms with Gasteiger partial charge in [0.05, 0.1) is 10.9 Å². The summed E-state index contributed by atoms with van der Waals surface area (Å²) in [6, 6.07) is 6.18. The van der Waals surface area contributed by atoms with Crippen LogP contribution in [0.1, 0.15) is 4.88 Å². The fourth-order valence-electron chi connectivity index (χ4n) is 1.17. The summed E-state index contributed by atoms with van der Waals surface area (Å²) in [6.45, 7) is 0. The highest BCUT2D eigenvalue weighted by atomic mass is 127. The van der Waals surface area contributed by atoms with E-state index in [9.17, 15) is 0 Å². The van der Waals surface area contributed by atoms with Crippen molar-refractivity contribution < 1.29 is 0 Å². The number of benzene rings is 1. The van der Waals surface area contributed by atoms with Crippen LogP contribution in [0.2, 0.25) is 5.02 Å². The normalized spacial score (nSPS) is 11.0. The van der Waals surface area contributed by atoms with Gasteiger partial charge in [-0.2, -0.15) is 0 Å². The zero-order valence-corrected chi connectivity index (χ0v) is 11.0. The first-order valence-corrected chi connectivity index (χ1v) is 6.45. The molecule has 68 valence electrons. The summed E-state index contributed by atoms with van der Waals surface area (Å²) in [4.78, 5) is 1.17. The fourth-order valence-corrected chi connectivity index (χ4v) is 3.08. The van der Waals surface area contributed by atoms with E-state index in [0.717, 1.165) is 14.0 Å². The number of hydrogen-bond donors (Lipinski definition) is 0. The van der Waals surface area contributed by atoms with Crippen LogP contribution in [0, 0.1) is 3.57 Å². The first-order valence-electron chi connectivity index (χ1n) is 3.65. The molecule has 0 aliphatic rings. The van der Waals surface area contributed by atoms with Crippen molar-refractivity contribution >= 4 is 67.2 Å². The third-order valence-corrected chi connectivity index (χ3v) is 4.94. The summed E-state index contributed by atoms with van der Waals surface area (Å²) in [5.74, 6) is 0.562. The Kier molecular flexibility index (Phi) is 3.03. The van der Waals surface area contributed by atoms with E-state index in [-0.39, 0.29) is 0 Å². The lowest BCUT2D eigenvalue weighted by molar-refractivity contribution is 1.54. The summed E-state index contributed by atoms with van der Waals surface area (Å²) in [7, 11) is 0. The van der Waals surface area contributed by atoms with Gasteiger partial charge in [-0.15, -0.1) is 22.9 Å². The molecule has 1 aromatic heterocycles. The van der Waals surface area contributed by atoms with E-state index in [2.05, 4.69) is 34.7 Å². The number of hydrogen-bond acceptors (Lipinski definition) is 1. The smallest absolute Gasteiger partial charge is 0.0626 e. The molecule has 0 N–H and O–H groups in total. The van der Waals surface area contributed by atoms with E-state index in [1.54, 1.807) is 11.3 Å². The summed E-state index contributed by atoms with van der Waals surface area (Å²) < 4.78 is 2.30. The van der Waals surface area contributed by atoms with Gasteiger partial charge in [-0.05, 0) is 40.8 Å². The Bertz CT molecular complexity index is 450. The zero-order chi connectivity index (χ0) is 9.42. The summed E-state index contributed by atoms with van der Waals surface area (Å²) in [6.07, 6.45) is 0. The van der Waals surface area contributed by atoms with E-state index < -0.39 is 0 Å². The van der Waals surface area contributed by atoms with Crippen molar-refractivity contribution in [2.24, 2.45) is 0 Å². The molecule has 1 aromatic carbocycles. The van der Waals surface area contributed by atoms with Crippen molar-refractivity contribution in [3.05, 3.63) is 31.7 Å². The number of thiophene rings is 1. The molecule has 13 heavy (non-hydrogen) atoms. The second kappa shape index (κ2) is 3.93. The quantitative estimate of drug-likeness (QED) is 0.511. The van der Waals surface area contributed by atoms with Crippen molar-refractivity contribution in [1.82, 2.24) is 0 Å². The fraction of sp³-hybridized carbons (Fsp3) is 0.111. The lowest BCUT2D eigenvalue weighted by atomic mass is 10.2. The molecule has 0 bridgehead atoms. The number of halogens is 3. The molecule has 0 fully saturated rings. The molecular formula is C9H5Cl2IS. The van der Waals surface area contributed by atoms with Gasteiger partial charge < -0.3 is 0 Å². The van der Waals surface area contributed by atoms with Gasteiger partial charge in [0.1, 0.15) is 0 Å². The third kappa shape index (κ3) is 1.82. The second-order valence-electron chi connectivity index (χ2n) is 2.62. The van der Waals surface area contributed by atoms with E-state index in [0.29, 0.717) is 5.88 Å². The first kappa shape index (κ1) is 10.0. The van der Waals surface area contributed by atoms with Gasteiger partial charge in [-0.25, -0.2) is 0 Å². The highest BCUT2D eigenvalue weighted by molar-refractivity contribution is 14.1. The van der Waals surface area contributed by atoms with Gasteiger partial charge in [0.15, 0.2) is 0 Å². The monoisotopic (exact) mass is 342 g/mol. The minimum absolute atomic E-state index is 0.562. The second-order valence-corrected chi connectivity index (χ2v) is 5.60. The van der Waals surface area contributed by atoms with Crippen LogP contribution >= 0.6 is 57.1 Å². The molecule has 4 heteroatoms.